The predicted octanol–water partition coefficient (Wildman–Crippen LogP) is 5.14. The summed E-state index contributed by atoms with van der Waals surface area (Å²) in [6.07, 6.45) is 0. The number of thiocarbonyl (C=S) groups is 1. The number of anilines is 3. The number of nitrogens with one attached hydrogen (secondary N) is 3. The average Bonchev–Trinajstić information content (AvgIpc) is 3.09. The molecule has 0 aliphatic rings. The molecule has 0 saturated heterocycles. The van der Waals surface area contributed by atoms with Gasteiger partial charge in [-0.05, 0) is 66.8 Å². The number of rotatable bonds is 3. The zero-order valence-corrected chi connectivity index (χ0v) is 17.4. The highest BCUT2D eigenvalue weighted by Crippen LogP contribution is 2.27. The molecule has 5 rings (SSSR count). The molecule has 0 spiro atoms. The lowest BCUT2D eigenvalue weighted by Gasteiger charge is -2.14. The van der Waals surface area contributed by atoms with Crippen LogP contribution in [0.1, 0.15) is 0 Å². The second kappa shape index (κ2) is 7.27. The van der Waals surface area contributed by atoms with Crippen molar-refractivity contribution in [2.24, 2.45) is 0 Å². The standard InChI is InChI=1S/C23H20N6S/c1-29(2)16-10-7-14(8-11-16)24-23(30)25-15-9-12-18-17(13-15)21-22(27-18)28-20-6-4-3-5-19(20)26-21/h3-13H,1-2H3,(H,27,28)(H2,24,25,30). The van der Waals surface area contributed by atoms with Crippen LogP contribution in [0.2, 0.25) is 0 Å². The first-order valence-electron chi connectivity index (χ1n) is 9.60. The summed E-state index contributed by atoms with van der Waals surface area (Å²) in [4.78, 5) is 14.9. The van der Waals surface area contributed by atoms with Crippen molar-refractivity contribution in [3.63, 3.8) is 0 Å². The van der Waals surface area contributed by atoms with Gasteiger partial charge in [-0.25, -0.2) is 9.97 Å². The summed E-state index contributed by atoms with van der Waals surface area (Å²) in [5.41, 5.74) is 7.34. The van der Waals surface area contributed by atoms with Crippen molar-refractivity contribution >= 4 is 67.5 Å². The molecule has 0 aliphatic carbocycles. The van der Waals surface area contributed by atoms with Crippen LogP contribution >= 0.6 is 12.2 Å². The Morgan fingerprint density at radius 1 is 0.867 bits per heavy atom. The quantitative estimate of drug-likeness (QED) is 0.357. The first-order valence-corrected chi connectivity index (χ1v) is 10.0. The molecule has 0 bridgehead atoms. The van der Waals surface area contributed by atoms with Crippen LogP contribution in [0, 0.1) is 0 Å². The summed E-state index contributed by atoms with van der Waals surface area (Å²) < 4.78 is 0. The molecule has 0 aliphatic heterocycles. The number of nitrogens with zero attached hydrogens (tertiary/aromatic N) is 3. The van der Waals surface area contributed by atoms with Crippen LogP contribution in [-0.4, -0.2) is 34.2 Å². The van der Waals surface area contributed by atoms with Gasteiger partial charge in [0.05, 0.1) is 11.0 Å². The van der Waals surface area contributed by atoms with Crippen molar-refractivity contribution in [1.82, 2.24) is 15.0 Å². The van der Waals surface area contributed by atoms with Gasteiger partial charge in [-0.15, -0.1) is 0 Å². The van der Waals surface area contributed by atoms with E-state index in [0.717, 1.165) is 50.2 Å². The summed E-state index contributed by atoms with van der Waals surface area (Å²) in [6, 6.07) is 22.0. The molecule has 0 fully saturated rings. The van der Waals surface area contributed by atoms with Crippen LogP contribution in [0.25, 0.3) is 33.1 Å². The Hall–Kier alpha value is -3.71. The SMILES string of the molecule is CN(C)c1ccc(NC(=S)Nc2ccc3[nH]c4nc5ccccc5nc4c3c2)cc1. The molecule has 0 amide bonds. The maximum atomic E-state index is 5.50. The molecule has 6 nitrogen and oxygen atoms in total. The smallest absolute Gasteiger partial charge is 0.175 e. The van der Waals surface area contributed by atoms with Crippen LogP contribution < -0.4 is 15.5 Å². The molecule has 30 heavy (non-hydrogen) atoms. The van der Waals surface area contributed by atoms with E-state index >= 15 is 0 Å². The number of H-pyrrole nitrogens is 1. The minimum atomic E-state index is 0.531. The summed E-state index contributed by atoms with van der Waals surface area (Å²) in [6.45, 7) is 0. The minimum Gasteiger partial charge on any atom is -0.378 e. The van der Waals surface area contributed by atoms with Gasteiger partial charge in [-0.1, -0.05) is 12.1 Å². The van der Waals surface area contributed by atoms with Gasteiger partial charge in [-0.2, -0.15) is 0 Å². The van der Waals surface area contributed by atoms with Crippen molar-refractivity contribution in [3.8, 4) is 0 Å². The zero-order chi connectivity index (χ0) is 20.7. The molecular formula is C23H20N6S. The van der Waals surface area contributed by atoms with Gasteiger partial charge in [-0.3, -0.25) is 0 Å². The van der Waals surface area contributed by atoms with E-state index in [1.165, 1.54) is 0 Å². The largest absolute Gasteiger partial charge is 0.378 e. The number of para-hydroxylation sites is 2. The Morgan fingerprint density at radius 2 is 1.53 bits per heavy atom. The summed E-state index contributed by atoms with van der Waals surface area (Å²) in [5.74, 6) is 0. The van der Waals surface area contributed by atoms with Gasteiger partial charge in [0.25, 0.3) is 0 Å². The fraction of sp³-hybridized carbons (Fsp3) is 0.0870. The summed E-state index contributed by atoms with van der Waals surface area (Å²) in [5, 5.41) is 8.02. The molecule has 2 aromatic heterocycles. The van der Waals surface area contributed by atoms with E-state index in [0.29, 0.717) is 5.11 Å². The van der Waals surface area contributed by atoms with E-state index in [4.69, 9.17) is 22.2 Å². The fourth-order valence-corrected chi connectivity index (χ4v) is 3.70. The van der Waals surface area contributed by atoms with Crippen molar-refractivity contribution in [2.45, 2.75) is 0 Å². The number of benzene rings is 3. The lowest BCUT2D eigenvalue weighted by atomic mass is 10.2. The van der Waals surface area contributed by atoms with Crippen LogP contribution in [-0.2, 0) is 0 Å². The molecule has 0 saturated carbocycles. The van der Waals surface area contributed by atoms with E-state index in [1.807, 2.05) is 80.8 Å². The molecule has 0 unspecified atom stereocenters. The predicted molar refractivity (Wildman–Crippen MR) is 130 cm³/mol. The topological polar surface area (TPSA) is 68.9 Å². The second-order valence-electron chi connectivity index (χ2n) is 7.32. The molecule has 3 N–H and O–H groups in total. The van der Waals surface area contributed by atoms with E-state index in [9.17, 15) is 0 Å². The Kier molecular flexibility index (Phi) is 4.44. The van der Waals surface area contributed by atoms with Gasteiger partial charge in [0.15, 0.2) is 10.8 Å². The van der Waals surface area contributed by atoms with Gasteiger partial charge in [0, 0.05) is 42.1 Å². The van der Waals surface area contributed by atoms with Gasteiger partial charge in [0.1, 0.15) is 5.52 Å². The van der Waals surface area contributed by atoms with Gasteiger partial charge in [0.2, 0.25) is 0 Å². The molecular weight excluding hydrogens is 392 g/mol. The minimum absolute atomic E-state index is 0.531. The molecule has 0 radical (unpaired) electrons. The molecule has 5 aromatic rings. The van der Waals surface area contributed by atoms with Crippen molar-refractivity contribution < 1.29 is 0 Å². The Balaban J connectivity index is 1.42. The number of hydrogen-bond donors (Lipinski definition) is 3. The third-order valence-electron chi connectivity index (χ3n) is 5.00. The lowest BCUT2D eigenvalue weighted by molar-refractivity contribution is 1.13. The molecule has 148 valence electrons. The first kappa shape index (κ1) is 18.3. The molecule has 3 aromatic carbocycles. The highest BCUT2D eigenvalue weighted by atomic mass is 32.1. The Labute approximate surface area is 178 Å². The van der Waals surface area contributed by atoms with Gasteiger partial charge >= 0.3 is 0 Å². The normalized spacial score (nSPS) is 11.1. The number of fused-ring (bicyclic) bond motifs is 4. The fourth-order valence-electron chi connectivity index (χ4n) is 3.47. The Bertz CT molecular complexity index is 1390. The van der Waals surface area contributed by atoms with Gasteiger partial charge < -0.3 is 20.5 Å². The monoisotopic (exact) mass is 412 g/mol. The van der Waals surface area contributed by atoms with Crippen molar-refractivity contribution in [2.75, 3.05) is 29.6 Å². The molecule has 7 heteroatoms. The van der Waals surface area contributed by atoms with Crippen molar-refractivity contribution in [1.29, 1.82) is 0 Å². The highest BCUT2D eigenvalue weighted by Gasteiger charge is 2.10. The maximum absolute atomic E-state index is 5.50. The number of aromatic nitrogens is 3. The van der Waals surface area contributed by atoms with Crippen LogP contribution in [0.5, 0.6) is 0 Å². The van der Waals surface area contributed by atoms with E-state index in [-0.39, 0.29) is 0 Å². The van der Waals surface area contributed by atoms with Crippen LogP contribution in [0.15, 0.2) is 66.7 Å². The molecule has 0 atom stereocenters. The summed E-state index contributed by atoms with van der Waals surface area (Å²) >= 11 is 5.50. The highest BCUT2D eigenvalue weighted by molar-refractivity contribution is 7.80. The van der Waals surface area contributed by atoms with E-state index in [2.05, 4.69) is 20.5 Å². The average molecular weight is 413 g/mol. The third kappa shape index (κ3) is 3.40. The number of aromatic amines is 1. The van der Waals surface area contributed by atoms with E-state index < -0.39 is 0 Å². The van der Waals surface area contributed by atoms with E-state index in [1.54, 1.807) is 0 Å². The maximum Gasteiger partial charge on any atom is 0.175 e. The number of hydrogen-bond acceptors (Lipinski definition) is 4. The van der Waals surface area contributed by atoms with Crippen LogP contribution in [0.4, 0.5) is 17.1 Å². The lowest BCUT2D eigenvalue weighted by Crippen LogP contribution is -2.19. The van der Waals surface area contributed by atoms with Crippen molar-refractivity contribution in [3.05, 3.63) is 66.7 Å². The third-order valence-corrected chi connectivity index (χ3v) is 5.20. The summed E-state index contributed by atoms with van der Waals surface area (Å²) in [7, 11) is 4.03. The first-order chi connectivity index (χ1) is 14.6. The van der Waals surface area contributed by atoms with Crippen LogP contribution in [0.3, 0.4) is 0 Å². The zero-order valence-electron chi connectivity index (χ0n) is 16.6. The second-order valence-corrected chi connectivity index (χ2v) is 7.72. The molecule has 2 heterocycles. The Morgan fingerprint density at radius 3 is 2.27 bits per heavy atom.